The van der Waals surface area contributed by atoms with Crippen molar-refractivity contribution >= 4 is 17.3 Å². The number of guanidine groups is 1. The van der Waals surface area contributed by atoms with Gasteiger partial charge in [-0.15, -0.1) is 11.3 Å². The molecule has 1 N–H and O–H groups in total. The molecule has 0 aromatic carbocycles. The lowest BCUT2D eigenvalue weighted by Gasteiger charge is -2.22. The minimum atomic E-state index is 0.800. The summed E-state index contributed by atoms with van der Waals surface area (Å²) in [7, 11) is 2.08. The Kier molecular flexibility index (Phi) is 10.7. The number of hydrogen-bond donors (Lipinski definition) is 1. The largest absolute Gasteiger partial charge is 0.357 e. The first-order valence-corrected chi connectivity index (χ1v) is 10.1. The first kappa shape index (κ1) is 20.9. The highest BCUT2D eigenvalue weighted by Gasteiger charge is 2.08. The van der Waals surface area contributed by atoms with Crippen LogP contribution in [0.1, 0.15) is 50.7 Å². The molecule has 0 unspecified atom stereocenters. The van der Waals surface area contributed by atoms with Gasteiger partial charge in [0.25, 0.3) is 0 Å². The van der Waals surface area contributed by atoms with Crippen LogP contribution < -0.4 is 5.32 Å². The van der Waals surface area contributed by atoms with Crippen molar-refractivity contribution in [2.24, 2.45) is 4.99 Å². The Balaban J connectivity index is 2.48. The molecule has 0 atom stereocenters. The predicted octanol–water partition coefficient (Wildman–Crippen LogP) is 3.36. The van der Waals surface area contributed by atoms with Crippen LogP contribution in [0.5, 0.6) is 0 Å². The van der Waals surface area contributed by atoms with Gasteiger partial charge in [-0.1, -0.05) is 13.8 Å². The summed E-state index contributed by atoms with van der Waals surface area (Å²) in [4.78, 5) is 14.0. The Morgan fingerprint density at radius 1 is 1.21 bits per heavy atom. The van der Waals surface area contributed by atoms with E-state index in [0.717, 1.165) is 49.3 Å². The Bertz CT molecular complexity index is 466. The van der Waals surface area contributed by atoms with Crippen molar-refractivity contribution in [3.8, 4) is 0 Å². The maximum Gasteiger partial charge on any atom is 0.194 e. The van der Waals surface area contributed by atoms with Gasteiger partial charge >= 0.3 is 0 Å². The van der Waals surface area contributed by atoms with Crippen LogP contribution in [0, 0.1) is 6.92 Å². The molecule has 0 aliphatic heterocycles. The first-order valence-electron chi connectivity index (χ1n) is 9.23. The van der Waals surface area contributed by atoms with Crippen LogP contribution in [0.2, 0.25) is 0 Å². The third kappa shape index (κ3) is 8.11. The molecular formula is C18H35N5S. The monoisotopic (exact) mass is 353 g/mol. The van der Waals surface area contributed by atoms with Gasteiger partial charge in [0.2, 0.25) is 0 Å². The highest BCUT2D eigenvalue weighted by atomic mass is 32.1. The first-order chi connectivity index (χ1) is 11.6. The molecule has 0 bridgehead atoms. The summed E-state index contributed by atoms with van der Waals surface area (Å²) in [6.07, 6.45) is 3.56. The molecule has 1 aromatic heterocycles. The lowest BCUT2D eigenvalue weighted by atomic mass is 10.3. The summed E-state index contributed by atoms with van der Waals surface area (Å²) in [6.45, 7) is 14.7. The molecule has 138 valence electrons. The summed E-state index contributed by atoms with van der Waals surface area (Å²) >= 11 is 1.70. The molecule has 6 heteroatoms. The van der Waals surface area contributed by atoms with Gasteiger partial charge in [-0.25, -0.2) is 4.98 Å². The molecule has 5 nitrogen and oxygen atoms in total. The van der Waals surface area contributed by atoms with Gasteiger partial charge in [0.15, 0.2) is 5.96 Å². The molecule has 0 fully saturated rings. The Morgan fingerprint density at radius 2 is 1.92 bits per heavy atom. The Morgan fingerprint density at radius 3 is 2.46 bits per heavy atom. The molecule has 1 rings (SSSR count). The number of aryl methyl sites for hydroxylation is 1. The zero-order valence-electron chi connectivity index (χ0n) is 16.1. The Hall–Kier alpha value is -1.14. The standard InChI is InChI=1S/C18H35N5S/c1-6-11-23(12-7-2)13-9-10-20-18(19-8-3)22(5)14-17-15-24-16(4)21-17/h15H,6-14H2,1-5H3,(H,19,20). The van der Waals surface area contributed by atoms with Gasteiger partial charge in [-0.3, -0.25) is 4.99 Å². The summed E-state index contributed by atoms with van der Waals surface area (Å²) in [5.74, 6) is 0.973. The van der Waals surface area contributed by atoms with E-state index in [0.29, 0.717) is 0 Å². The molecule has 24 heavy (non-hydrogen) atoms. The van der Waals surface area contributed by atoms with Crippen LogP contribution in [-0.4, -0.2) is 60.5 Å². The molecule has 0 aliphatic rings. The molecule has 0 spiro atoms. The smallest absolute Gasteiger partial charge is 0.194 e. The van der Waals surface area contributed by atoms with Crippen LogP contribution in [0.15, 0.2) is 10.4 Å². The summed E-state index contributed by atoms with van der Waals surface area (Å²) < 4.78 is 0. The lowest BCUT2D eigenvalue weighted by Crippen LogP contribution is -2.38. The minimum Gasteiger partial charge on any atom is -0.357 e. The third-order valence-electron chi connectivity index (χ3n) is 3.74. The van der Waals surface area contributed by atoms with Crippen LogP contribution in [0.25, 0.3) is 0 Å². The van der Waals surface area contributed by atoms with E-state index in [4.69, 9.17) is 4.99 Å². The van der Waals surface area contributed by atoms with E-state index in [1.807, 2.05) is 6.92 Å². The van der Waals surface area contributed by atoms with Crippen LogP contribution >= 0.6 is 11.3 Å². The Labute approximate surface area is 152 Å². The highest BCUT2D eigenvalue weighted by Crippen LogP contribution is 2.09. The third-order valence-corrected chi connectivity index (χ3v) is 4.56. The van der Waals surface area contributed by atoms with E-state index >= 15 is 0 Å². The van der Waals surface area contributed by atoms with Crippen LogP contribution in [0.3, 0.4) is 0 Å². The maximum atomic E-state index is 4.79. The molecule has 0 aliphatic carbocycles. The van der Waals surface area contributed by atoms with Gasteiger partial charge < -0.3 is 15.1 Å². The number of rotatable bonds is 11. The number of hydrogen-bond acceptors (Lipinski definition) is 4. The van der Waals surface area contributed by atoms with Crippen LogP contribution in [0.4, 0.5) is 0 Å². The molecule has 0 saturated heterocycles. The molecule has 0 saturated carbocycles. The van der Waals surface area contributed by atoms with Gasteiger partial charge in [0.05, 0.1) is 17.2 Å². The predicted molar refractivity (Wildman–Crippen MR) is 106 cm³/mol. The second kappa shape index (κ2) is 12.3. The van der Waals surface area contributed by atoms with E-state index in [9.17, 15) is 0 Å². The number of aromatic nitrogens is 1. The highest BCUT2D eigenvalue weighted by molar-refractivity contribution is 7.09. The van der Waals surface area contributed by atoms with Gasteiger partial charge in [0, 0.05) is 25.5 Å². The van der Waals surface area contributed by atoms with E-state index in [1.54, 1.807) is 11.3 Å². The number of nitrogens with one attached hydrogen (secondary N) is 1. The maximum absolute atomic E-state index is 4.79. The molecular weight excluding hydrogens is 318 g/mol. The summed E-state index contributed by atoms with van der Waals surface area (Å²) in [5, 5.41) is 6.63. The van der Waals surface area contributed by atoms with Crippen molar-refractivity contribution < 1.29 is 0 Å². The average Bonchev–Trinajstić information content (AvgIpc) is 2.95. The lowest BCUT2D eigenvalue weighted by molar-refractivity contribution is 0.273. The fourth-order valence-electron chi connectivity index (χ4n) is 2.72. The second-order valence-corrected chi connectivity index (χ2v) is 7.21. The second-order valence-electron chi connectivity index (χ2n) is 6.14. The van der Waals surface area contributed by atoms with Crippen molar-refractivity contribution in [2.45, 2.75) is 53.5 Å². The normalized spacial score (nSPS) is 12.0. The number of aliphatic imine (C=N–C) groups is 1. The van der Waals surface area contributed by atoms with Crippen LogP contribution in [-0.2, 0) is 6.54 Å². The molecule has 1 aromatic rings. The van der Waals surface area contributed by atoms with E-state index in [-0.39, 0.29) is 0 Å². The molecule has 1 heterocycles. The van der Waals surface area contributed by atoms with Crippen molar-refractivity contribution in [2.75, 3.05) is 39.8 Å². The van der Waals surface area contributed by atoms with E-state index in [1.165, 1.54) is 25.9 Å². The summed E-state index contributed by atoms with van der Waals surface area (Å²) in [5.41, 5.74) is 1.11. The van der Waals surface area contributed by atoms with Crippen molar-refractivity contribution in [3.05, 3.63) is 16.1 Å². The number of thiazole rings is 1. The van der Waals surface area contributed by atoms with Crippen molar-refractivity contribution in [3.63, 3.8) is 0 Å². The fraction of sp³-hybridized carbons (Fsp3) is 0.778. The SMILES string of the molecule is CCCN(CCC)CCCN=C(NCC)N(C)Cc1csc(C)n1. The van der Waals surface area contributed by atoms with E-state index in [2.05, 4.69) is 53.3 Å². The quantitative estimate of drug-likeness (QED) is 0.376. The average molecular weight is 354 g/mol. The molecule has 0 amide bonds. The minimum absolute atomic E-state index is 0.800. The van der Waals surface area contributed by atoms with Gasteiger partial charge in [0.1, 0.15) is 0 Å². The zero-order chi connectivity index (χ0) is 17.8. The van der Waals surface area contributed by atoms with Crippen molar-refractivity contribution in [1.29, 1.82) is 0 Å². The fourth-order valence-corrected chi connectivity index (χ4v) is 3.32. The van der Waals surface area contributed by atoms with Gasteiger partial charge in [-0.05, 0) is 52.7 Å². The topological polar surface area (TPSA) is 43.8 Å². The van der Waals surface area contributed by atoms with Crippen molar-refractivity contribution in [1.82, 2.24) is 20.1 Å². The number of nitrogens with zero attached hydrogens (tertiary/aromatic N) is 4. The zero-order valence-corrected chi connectivity index (χ0v) is 17.0. The summed E-state index contributed by atoms with van der Waals surface area (Å²) in [6, 6.07) is 0. The molecule has 0 radical (unpaired) electrons. The van der Waals surface area contributed by atoms with E-state index < -0.39 is 0 Å². The van der Waals surface area contributed by atoms with Gasteiger partial charge in [-0.2, -0.15) is 0 Å².